The third-order valence-corrected chi connectivity index (χ3v) is 2.93. The lowest BCUT2D eigenvalue weighted by atomic mass is 10.1. The van der Waals surface area contributed by atoms with Gasteiger partial charge in [-0.3, -0.25) is 4.99 Å². The van der Waals surface area contributed by atoms with E-state index in [1.165, 1.54) is 25.0 Å². The molecule has 0 aromatic carbocycles. The molecule has 0 amide bonds. The van der Waals surface area contributed by atoms with Crippen molar-refractivity contribution in [3.63, 3.8) is 0 Å². The summed E-state index contributed by atoms with van der Waals surface area (Å²) in [5.41, 5.74) is 1.22. The lowest BCUT2D eigenvalue weighted by Crippen LogP contribution is -2.30. The van der Waals surface area contributed by atoms with Crippen molar-refractivity contribution in [3.8, 4) is 0 Å². The molecule has 0 saturated carbocycles. The summed E-state index contributed by atoms with van der Waals surface area (Å²) in [5, 5.41) is 6.69. The van der Waals surface area contributed by atoms with Crippen molar-refractivity contribution in [2.24, 2.45) is 10.1 Å². The van der Waals surface area contributed by atoms with Gasteiger partial charge in [0.05, 0.1) is 17.8 Å². The Balaban J connectivity index is 1.97. The fourth-order valence-corrected chi connectivity index (χ4v) is 2.11. The Hall–Kier alpha value is -1.12. The lowest BCUT2D eigenvalue weighted by molar-refractivity contribution is 0.390. The highest BCUT2D eigenvalue weighted by molar-refractivity contribution is 6.06. The average Bonchev–Trinajstić information content (AvgIpc) is 2.51. The molecule has 0 aliphatic carbocycles. The lowest BCUT2D eigenvalue weighted by Gasteiger charge is -2.19. The Bertz CT molecular complexity index is 350. The van der Waals surface area contributed by atoms with Gasteiger partial charge in [-0.2, -0.15) is 5.10 Å². The number of hydrogen-bond acceptors (Lipinski definition) is 3. The third-order valence-electron chi connectivity index (χ3n) is 2.93. The standard InChI is InChI=1S/C13H21N3/c1-4-5-6-7-11-8-9-12-14-13(2,3)10-16(12)15-11/h8-9H,4-7,10H2,1-3H3. The summed E-state index contributed by atoms with van der Waals surface area (Å²) < 4.78 is 0. The van der Waals surface area contributed by atoms with E-state index in [1.54, 1.807) is 0 Å². The summed E-state index contributed by atoms with van der Waals surface area (Å²) in [5.74, 6) is 1.02. The zero-order chi connectivity index (χ0) is 11.6. The Kier molecular flexibility index (Phi) is 3.13. The Labute approximate surface area is 97.9 Å². The van der Waals surface area contributed by atoms with Gasteiger partial charge < -0.3 is 0 Å². The summed E-state index contributed by atoms with van der Waals surface area (Å²) in [6.45, 7) is 7.44. The van der Waals surface area contributed by atoms with Gasteiger partial charge in [0.1, 0.15) is 5.84 Å². The summed E-state index contributed by atoms with van der Waals surface area (Å²) in [4.78, 5) is 4.62. The van der Waals surface area contributed by atoms with Gasteiger partial charge in [-0.05, 0) is 38.8 Å². The van der Waals surface area contributed by atoms with Crippen molar-refractivity contribution < 1.29 is 0 Å². The molecule has 3 nitrogen and oxygen atoms in total. The topological polar surface area (TPSA) is 28.0 Å². The summed E-state index contributed by atoms with van der Waals surface area (Å²) >= 11 is 0. The zero-order valence-electron chi connectivity index (χ0n) is 10.5. The SMILES string of the molecule is CCCCCC1=NN2CC(C)(C)N=C2C=C1. The largest absolute Gasteiger partial charge is 0.259 e. The van der Waals surface area contributed by atoms with E-state index < -0.39 is 0 Å². The van der Waals surface area contributed by atoms with E-state index in [0.717, 1.165) is 18.8 Å². The molecular weight excluding hydrogens is 198 g/mol. The smallest absolute Gasteiger partial charge is 0.144 e. The van der Waals surface area contributed by atoms with Crippen molar-refractivity contribution in [3.05, 3.63) is 12.2 Å². The van der Waals surface area contributed by atoms with Crippen LogP contribution in [0.1, 0.15) is 46.5 Å². The minimum atomic E-state index is 0.0159. The first kappa shape index (κ1) is 11.4. The van der Waals surface area contributed by atoms with Crippen LogP contribution < -0.4 is 0 Å². The van der Waals surface area contributed by atoms with E-state index in [2.05, 4.69) is 43.0 Å². The first-order valence-corrected chi connectivity index (χ1v) is 6.24. The van der Waals surface area contributed by atoms with Gasteiger partial charge in [0.15, 0.2) is 0 Å². The quantitative estimate of drug-likeness (QED) is 0.668. The summed E-state index contributed by atoms with van der Waals surface area (Å²) in [6.07, 6.45) is 9.10. The molecule has 2 rings (SSSR count). The van der Waals surface area contributed by atoms with Crippen LogP contribution in [0.15, 0.2) is 22.2 Å². The van der Waals surface area contributed by atoms with Crippen LogP contribution in [0.2, 0.25) is 0 Å². The van der Waals surface area contributed by atoms with Gasteiger partial charge in [0.25, 0.3) is 0 Å². The number of aliphatic imine (C=N–C) groups is 1. The van der Waals surface area contributed by atoms with Gasteiger partial charge in [0, 0.05) is 0 Å². The van der Waals surface area contributed by atoms with Crippen LogP contribution in [-0.4, -0.2) is 28.6 Å². The second-order valence-corrected chi connectivity index (χ2v) is 5.22. The predicted molar refractivity (Wildman–Crippen MR) is 68.9 cm³/mol. The van der Waals surface area contributed by atoms with Gasteiger partial charge in [-0.15, -0.1) is 0 Å². The first-order chi connectivity index (χ1) is 7.61. The molecule has 88 valence electrons. The van der Waals surface area contributed by atoms with Crippen LogP contribution in [-0.2, 0) is 0 Å². The van der Waals surface area contributed by atoms with Gasteiger partial charge in [0.2, 0.25) is 0 Å². The Morgan fingerprint density at radius 2 is 2.12 bits per heavy atom. The van der Waals surface area contributed by atoms with E-state index in [-0.39, 0.29) is 5.54 Å². The fraction of sp³-hybridized carbons (Fsp3) is 0.692. The number of hydrazone groups is 1. The molecular formula is C13H21N3. The molecule has 0 aromatic heterocycles. The minimum Gasteiger partial charge on any atom is -0.259 e. The number of unbranched alkanes of at least 4 members (excludes halogenated alkanes) is 2. The Morgan fingerprint density at radius 3 is 2.88 bits per heavy atom. The van der Waals surface area contributed by atoms with Crippen molar-refractivity contribution in [1.29, 1.82) is 0 Å². The Morgan fingerprint density at radius 1 is 1.31 bits per heavy atom. The molecule has 0 radical (unpaired) electrons. The molecule has 2 heterocycles. The van der Waals surface area contributed by atoms with E-state index in [1.807, 2.05) is 5.01 Å². The van der Waals surface area contributed by atoms with Gasteiger partial charge in [-0.1, -0.05) is 19.8 Å². The molecule has 0 bridgehead atoms. The molecule has 2 aliphatic heterocycles. The predicted octanol–water partition coefficient (Wildman–Crippen LogP) is 2.99. The number of rotatable bonds is 4. The molecule has 2 aliphatic rings. The van der Waals surface area contributed by atoms with E-state index in [4.69, 9.17) is 0 Å². The summed E-state index contributed by atoms with van der Waals surface area (Å²) in [7, 11) is 0. The molecule has 0 fully saturated rings. The number of hydrogen-bond donors (Lipinski definition) is 0. The van der Waals surface area contributed by atoms with Gasteiger partial charge in [-0.25, -0.2) is 5.01 Å². The van der Waals surface area contributed by atoms with Crippen LogP contribution in [0.5, 0.6) is 0 Å². The van der Waals surface area contributed by atoms with Crippen molar-refractivity contribution >= 4 is 11.5 Å². The highest BCUT2D eigenvalue weighted by Crippen LogP contribution is 2.23. The van der Waals surface area contributed by atoms with Crippen LogP contribution in [0, 0.1) is 0 Å². The normalized spacial score (nSPS) is 21.8. The van der Waals surface area contributed by atoms with Crippen molar-refractivity contribution in [2.75, 3.05) is 6.54 Å². The van der Waals surface area contributed by atoms with Crippen molar-refractivity contribution in [1.82, 2.24) is 5.01 Å². The number of fused-ring (bicyclic) bond motifs is 1. The van der Waals surface area contributed by atoms with Crippen LogP contribution in [0.4, 0.5) is 0 Å². The highest BCUT2D eigenvalue weighted by Gasteiger charge is 2.31. The van der Waals surface area contributed by atoms with Crippen molar-refractivity contribution in [2.45, 2.75) is 52.0 Å². The molecule has 0 spiro atoms. The minimum absolute atomic E-state index is 0.0159. The second kappa shape index (κ2) is 4.40. The number of nitrogens with zero attached hydrogens (tertiary/aromatic N) is 3. The van der Waals surface area contributed by atoms with Crippen LogP contribution >= 0.6 is 0 Å². The third kappa shape index (κ3) is 2.52. The monoisotopic (exact) mass is 219 g/mol. The van der Waals surface area contributed by atoms with Crippen LogP contribution in [0.3, 0.4) is 0 Å². The summed E-state index contributed by atoms with van der Waals surface area (Å²) in [6, 6.07) is 0. The number of amidine groups is 1. The maximum Gasteiger partial charge on any atom is 0.144 e. The zero-order valence-corrected chi connectivity index (χ0v) is 10.5. The second-order valence-electron chi connectivity index (χ2n) is 5.22. The van der Waals surface area contributed by atoms with Gasteiger partial charge >= 0.3 is 0 Å². The molecule has 0 atom stereocenters. The van der Waals surface area contributed by atoms with E-state index >= 15 is 0 Å². The molecule has 0 unspecified atom stereocenters. The maximum absolute atomic E-state index is 4.64. The molecule has 3 heteroatoms. The maximum atomic E-state index is 4.64. The fourth-order valence-electron chi connectivity index (χ4n) is 2.11. The van der Waals surface area contributed by atoms with E-state index in [0.29, 0.717) is 0 Å². The molecule has 0 N–H and O–H groups in total. The highest BCUT2D eigenvalue weighted by atomic mass is 15.5. The molecule has 0 saturated heterocycles. The van der Waals surface area contributed by atoms with E-state index in [9.17, 15) is 0 Å². The number of allylic oxidation sites excluding steroid dienone is 1. The van der Waals surface area contributed by atoms with Crippen LogP contribution in [0.25, 0.3) is 0 Å². The molecule has 16 heavy (non-hydrogen) atoms. The molecule has 0 aromatic rings. The first-order valence-electron chi connectivity index (χ1n) is 6.24. The average molecular weight is 219 g/mol.